The van der Waals surface area contributed by atoms with Crippen molar-refractivity contribution in [1.82, 2.24) is 13.7 Å². The summed E-state index contributed by atoms with van der Waals surface area (Å²) in [6.45, 7) is 1.45. The number of anilines is 1. The van der Waals surface area contributed by atoms with Gasteiger partial charge in [-0.1, -0.05) is 30.3 Å². The maximum Gasteiger partial charge on any atom is 0.330 e. The van der Waals surface area contributed by atoms with Crippen LogP contribution >= 0.6 is 0 Å². The molecule has 0 spiro atoms. The zero-order valence-electron chi connectivity index (χ0n) is 16.3. The summed E-state index contributed by atoms with van der Waals surface area (Å²) in [5.41, 5.74) is 2.91. The van der Waals surface area contributed by atoms with Crippen LogP contribution in [0.15, 0.2) is 70.4 Å². The van der Waals surface area contributed by atoms with E-state index in [0.29, 0.717) is 22.3 Å². The molecule has 0 bridgehead atoms. The lowest BCUT2D eigenvalue weighted by molar-refractivity contribution is -0.114. The van der Waals surface area contributed by atoms with E-state index in [2.05, 4.69) is 5.32 Å². The third kappa shape index (κ3) is 3.06. The third-order valence-corrected chi connectivity index (χ3v) is 4.95. The molecule has 4 aromatic rings. The minimum atomic E-state index is -0.375. The number of aryl methyl sites for hydroxylation is 1. The Balaban J connectivity index is 2.05. The first-order chi connectivity index (χ1) is 13.9. The maximum absolute atomic E-state index is 13.0. The van der Waals surface area contributed by atoms with Crippen molar-refractivity contribution in [2.45, 2.75) is 6.92 Å². The Morgan fingerprint density at radius 1 is 0.897 bits per heavy atom. The molecule has 2 aromatic heterocycles. The van der Waals surface area contributed by atoms with Gasteiger partial charge in [0.25, 0.3) is 5.56 Å². The van der Waals surface area contributed by atoms with Gasteiger partial charge in [0.15, 0.2) is 0 Å². The van der Waals surface area contributed by atoms with Gasteiger partial charge in [0.05, 0.1) is 16.6 Å². The molecular weight excluding hydrogens is 368 g/mol. The quantitative estimate of drug-likeness (QED) is 0.586. The fourth-order valence-electron chi connectivity index (χ4n) is 3.53. The molecule has 146 valence electrons. The lowest BCUT2D eigenvalue weighted by Gasteiger charge is -2.11. The van der Waals surface area contributed by atoms with Crippen LogP contribution < -0.4 is 16.6 Å². The van der Waals surface area contributed by atoms with Gasteiger partial charge in [-0.3, -0.25) is 18.7 Å². The molecule has 0 fully saturated rings. The van der Waals surface area contributed by atoms with Gasteiger partial charge >= 0.3 is 5.69 Å². The van der Waals surface area contributed by atoms with Crippen LogP contribution in [0.4, 0.5) is 5.69 Å². The number of hydrogen-bond donors (Lipinski definition) is 1. The number of amides is 1. The van der Waals surface area contributed by atoms with Crippen molar-refractivity contribution in [2.24, 2.45) is 14.1 Å². The zero-order chi connectivity index (χ0) is 20.7. The van der Waals surface area contributed by atoms with Crippen LogP contribution in [0.3, 0.4) is 0 Å². The zero-order valence-corrected chi connectivity index (χ0v) is 16.3. The van der Waals surface area contributed by atoms with Crippen LogP contribution in [0.5, 0.6) is 0 Å². The van der Waals surface area contributed by atoms with E-state index < -0.39 is 0 Å². The molecule has 7 nitrogen and oxygen atoms in total. The van der Waals surface area contributed by atoms with E-state index in [1.165, 1.54) is 18.5 Å². The van der Waals surface area contributed by atoms with Gasteiger partial charge in [-0.15, -0.1) is 0 Å². The van der Waals surface area contributed by atoms with Gasteiger partial charge in [0.2, 0.25) is 5.91 Å². The second-order valence-electron chi connectivity index (χ2n) is 6.91. The molecule has 4 rings (SSSR count). The lowest BCUT2D eigenvalue weighted by atomic mass is 10.1. The summed E-state index contributed by atoms with van der Waals surface area (Å²) in [6, 6.07) is 16.9. The van der Waals surface area contributed by atoms with E-state index >= 15 is 0 Å². The van der Waals surface area contributed by atoms with Gasteiger partial charge in [0.1, 0.15) is 0 Å². The smallest absolute Gasteiger partial charge is 0.326 e. The monoisotopic (exact) mass is 388 g/mol. The average molecular weight is 388 g/mol. The first kappa shape index (κ1) is 18.5. The van der Waals surface area contributed by atoms with Gasteiger partial charge in [0, 0.05) is 38.6 Å². The minimum Gasteiger partial charge on any atom is -0.326 e. The van der Waals surface area contributed by atoms with Crippen molar-refractivity contribution in [3.05, 3.63) is 81.6 Å². The van der Waals surface area contributed by atoms with Crippen LogP contribution in [0.1, 0.15) is 6.92 Å². The Bertz CT molecular complexity index is 1340. The number of carbonyl (C=O) groups is 1. The first-order valence-corrected chi connectivity index (χ1v) is 9.13. The number of carbonyl (C=O) groups excluding carboxylic acids is 1. The van der Waals surface area contributed by atoms with Crippen LogP contribution in [0, 0.1) is 0 Å². The molecule has 0 aliphatic rings. The molecule has 2 aromatic carbocycles. The first-order valence-electron chi connectivity index (χ1n) is 9.13. The Morgan fingerprint density at radius 3 is 2.17 bits per heavy atom. The molecule has 0 aliphatic carbocycles. The predicted molar refractivity (Wildman–Crippen MR) is 113 cm³/mol. The van der Waals surface area contributed by atoms with Crippen molar-refractivity contribution >= 4 is 22.5 Å². The molecule has 0 unspecified atom stereocenters. The van der Waals surface area contributed by atoms with E-state index in [-0.39, 0.29) is 17.2 Å². The molecule has 7 heteroatoms. The molecule has 29 heavy (non-hydrogen) atoms. The Morgan fingerprint density at radius 2 is 1.55 bits per heavy atom. The molecule has 1 N–H and O–H groups in total. The second-order valence-corrected chi connectivity index (χ2v) is 6.91. The number of aromatic nitrogens is 3. The van der Waals surface area contributed by atoms with Crippen molar-refractivity contribution in [2.75, 3.05) is 5.32 Å². The van der Waals surface area contributed by atoms with Gasteiger partial charge in [-0.25, -0.2) is 4.79 Å². The molecular formula is C22H20N4O3. The molecule has 0 aliphatic heterocycles. The highest BCUT2D eigenvalue weighted by Crippen LogP contribution is 2.31. The SMILES string of the molecule is CC(=O)Nc1ccc(-n2cc3c(c2-c2ccccc2)c(=O)n(C)c(=O)n3C)cc1. The van der Waals surface area contributed by atoms with Gasteiger partial charge in [-0.2, -0.15) is 0 Å². The van der Waals surface area contributed by atoms with E-state index in [0.717, 1.165) is 15.8 Å². The normalized spacial score (nSPS) is 11.0. The summed E-state index contributed by atoms with van der Waals surface area (Å²) in [7, 11) is 3.14. The molecule has 0 atom stereocenters. The summed E-state index contributed by atoms with van der Waals surface area (Å²) >= 11 is 0. The summed E-state index contributed by atoms with van der Waals surface area (Å²) in [5, 5.41) is 3.22. The molecule has 0 saturated carbocycles. The third-order valence-electron chi connectivity index (χ3n) is 4.95. The molecule has 1 amide bonds. The Kier molecular flexibility index (Phi) is 4.43. The summed E-state index contributed by atoms with van der Waals surface area (Å²) in [4.78, 5) is 36.7. The minimum absolute atomic E-state index is 0.145. The fourth-order valence-corrected chi connectivity index (χ4v) is 3.53. The number of nitrogens with one attached hydrogen (secondary N) is 1. The van der Waals surface area contributed by atoms with E-state index in [1.807, 2.05) is 47.0 Å². The number of hydrogen-bond acceptors (Lipinski definition) is 3. The van der Waals surface area contributed by atoms with E-state index in [9.17, 15) is 14.4 Å². The highest BCUT2D eigenvalue weighted by molar-refractivity contribution is 5.95. The number of fused-ring (bicyclic) bond motifs is 1. The van der Waals surface area contributed by atoms with E-state index in [1.54, 1.807) is 25.4 Å². The van der Waals surface area contributed by atoms with Crippen LogP contribution in [0.2, 0.25) is 0 Å². The Labute approximate surface area is 166 Å². The van der Waals surface area contributed by atoms with Crippen LogP contribution in [0.25, 0.3) is 27.8 Å². The lowest BCUT2D eigenvalue weighted by Crippen LogP contribution is -2.36. The summed E-state index contributed by atoms with van der Waals surface area (Å²) in [6.07, 6.45) is 1.80. The number of rotatable bonds is 3. The Hall–Kier alpha value is -3.87. The number of benzene rings is 2. The number of nitrogens with zero attached hydrogens (tertiary/aromatic N) is 3. The largest absolute Gasteiger partial charge is 0.330 e. The van der Waals surface area contributed by atoms with Crippen molar-refractivity contribution in [3.63, 3.8) is 0 Å². The highest BCUT2D eigenvalue weighted by atomic mass is 16.2. The second kappa shape index (κ2) is 6.94. The molecule has 2 heterocycles. The average Bonchev–Trinajstić information content (AvgIpc) is 3.12. The van der Waals surface area contributed by atoms with Crippen LogP contribution in [-0.2, 0) is 18.9 Å². The summed E-state index contributed by atoms with van der Waals surface area (Å²) in [5.74, 6) is -0.145. The maximum atomic E-state index is 13.0. The van der Waals surface area contributed by atoms with Crippen molar-refractivity contribution in [3.8, 4) is 16.9 Å². The van der Waals surface area contributed by atoms with Crippen molar-refractivity contribution in [1.29, 1.82) is 0 Å². The topological polar surface area (TPSA) is 78.0 Å². The van der Waals surface area contributed by atoms with Gasteiger partial charge in [-0.05, 0) is 29.8 Å². The van der Waals surface area contributed by atoms with E-state index in [4.69, 9.17) is 0 Å². The van der Waals surface area contributed by atoms with Crippen molar-refractivity contribution < 1.29 is 4.79 Å². The van der Waals surface area contributed by atoms with Gasteiger partial charge < -0.3 is 9.88 Å². The molecule has 0 saturated heterocycles. The summed E-state index contributed by atoms with van der Waals surface area (Å²) < 4.78 is 4.50. The highest BCUT2D eigenvalue weighted by Gasteiger charge is 2.20. The predicted octanol–water partition coefficient (Wildman–Crippen LogP) is 2.65. The standard InChI is InChI=1S/C22H20N4O3/c1-14(27)23-16-9-11-17(12-10-16)26-13-18-19(20(26)15-7-5-4-6-8-15)21(28)25(3)22(29)24(18)2/h4-13H,1-3H3,(H,23,27). The fraction of sp³-hybridized carbons (Fsp3) is 0.136. The molecule has 0 radical (unpaired) electrons. The van der Waals surface area contributed by atoms with Crippen LogP contribution in [-0.4, -0.2) is 19.6 Å².